The van der Waals surface area contributed by atoms with Gasteiger partial charge in [-0.1, -0.05) is 0 Å². The van der Waals surface area contributed by atoms with E-state index in [4.69, 9.17) is 4.52 Å². The van der Waals surface area contributed by atoms with Gasteiger partial charge in [-0.25, -0.2) is 13.1 Å². The van der Waals surface area contributed by atoms with Gasteiger partial charge in [0.15, 0.2) is 0 Å². The maximum atomic E-state index is 11.5. The Hall–Kier alpha value is 0.0200. The molecule has 0 heterocycles. The summed E-state index contributed by atoms with van der Waals surface area (Å²) >= 11 is 0. The predicted octanol–water partition coefficient (Wildman–Crippen LogP) is -0.556. The van der Waals surface area contributed by atoms with Gasteiger partial charge in [0.2, 0.25) is 10.0 Å². The Balaban J connectivity index is 4.10. The van der Waals surface area contributed by atoms with Crippen molar-refractivity contribution >= 4 is 17.6 Å². The van der Waals surface area contributed by atoms with Gasteiger partial charge in [0.1, 0.15) is 13.2 Å². The smallest absolute Gasteiger partial charge is 0.329 e. The third-order valence-corrected chi connectivity index (χ3v) is 5.05. The molecule has 0 rings (SSSR count). The molecule has 0 radical (unpaired) electrons. The maximum Gasteiger partial charge on any atom is 0.329 e. The highest BCUT2D eigenvalue weighted by Gasteiger charge is 2.23. The SMILES string of the molecule is CNS(=O)(=O)CCP(=O)(O)OCC[N+](C)(C)C. The Bertz CT molecular complexity index is 376. The van der Waals surface area contributed by atoms with Crippen molar-refractivity contribution in [3.8, 4) is 0 Å². The summed E-state index contributed by atoms with van der Waals surface area (Å²) in [5, 5.41) is 0. The molecule has 1 atom stereocenters. The molecule has 0 aliphatic heterocycles. The molecule has 0 aliphatic carbocycles. The number of sulfonamides is 1. The number of nitrogens with one attached hydrogen (secondary N) is 1. The molecule has 0 aromatic rings. The first kappa shape index (κ1) is 17.0. The Labute approximate surface area is 103 Å². The number of nitrogens with zero attached hydrogens (tertiary/aromatic N) is 1. The first-order valence-corrected chi connectivity index (χ1v) is 8.57. The van der Waals surface area contributed by atoms with E-state index in [0.717, 1.165) is 0 Å². The molecule has 0 amide bonds. The van der Waals surface area contributed by atoms with Crippen LogP contribution in [0.3, 0.4) is 0 Å². The number of hydrogen-bond acceptors (Lipinski definition) is 4. The topological polar surface area (TPSA) is 92.7 Å². The van der Waals surface area contributed by atoms with E-state index < -0.39 is 29.5 Å². The highest BCUT2D eigenvalue weighted by atomic mass is 32.2. The molecule has 0 saturated heterocycles. The molecule has 0 saturated carbocycles. The highest BCUT2D eigenvalue weighted by molar-refractivity contribution is 7.89. The van der Waals surface area contributed by atoms with Crippen molar-refractivity contribution in [1.82, 2.24) is 4.72 Å². The number of hydrogen-bond donors (Lipinski definition) is 2. The quantitative estimate of drug-likeness (QED) is 0.462. The standard InChI is InChI=1S/C8H21N2O5PS/c1-9-17(13,14)8-7-16(11,12)15-6-5-10(2,3)4/h9H,5-8H2,1-4H3/p+1. The second kappa shape index (κ2) is 6.26. The van der Waals surface area contributed by atoms with Crippen LogP contribution in [0.4, 0.5) is 0 Å². The summed E-state index contributed by atoms with van der Waals surface area (Å²) in [6.07, 6.45) is -0.396. The minimum atomic E-state index is -3.82. The Kier molecular flexibility index (Phi) is 6.27. The zero-order valence-electron chi connectivity index (χ0n) is 10.7. The Morgan fingerprint density at radius 2 is 1.88 bits per heavy atom. The molecule has 0 bridgehead atoms. The van der Waals surface area contributed by atoms with E-state index in [-0.39, 0.29) is 6.61 Å². The molecule has 9 heteroatoms. The van der Waals surface area contributed by atoms with E-state index in [1.165, 1.54) is 7.05 Å². The molecule has 0 aromatic heterocycles. The molecule has 104 valence electrons. The lowest BCUT2D eigenvalue weighted by atomic mass is 10.5. The molecular weight excluding hydrogens is 267 g/mol. The average Bonchev–Trinajstić information content (AvgIpc) is 2.13. The van der Waals surface area contributed by atoms with Crippen LogP contribution >= 0.6 is 7.60 Å². The van der Waals surface area contributed by atoms with Crippen LogP contribution in [0.5, 0.6) is 0 Å². The van der Waals surface area contributed by atoms with Gasteiger partial charge in [-0.15, -0.1) is 0 Å². The van der Waals surface area contributed by atoms with Crippen molar-refractivity contribution in [1.29, 1.82) is 0 Å². The molecule has 0 spiro atoms. The summed E-state index contributed by atoms with van der Waals surface area (Å²) in [6.45, 7) is 0.695. The van der Waals surface area contributed by atoms with Crippen molar-refractivity contribution in [3.05, 3.63) is 0 Å². The maximum absolute atomic E-state index is 11.5. The summed E-state index contributed by atoms with van der Waals surface area (Å²) in [6, 6.07) is 0. The summed E-state index contributed by atoms with van der Waals surface area (Å²) < 4.78 is 41.2. The van der Waals surface area contributed by atoms with Crippen molar-refractivity contribution in [2.75, 3.05) is 53.3 Å². The van der Waals surface area contributed by atoms with E-state index in [1.54, 1.807) is 0 Å². The van der Waals surface area contributed by atoms with Crippen LogP contribution in [0.15, 0.2) is 0 Å². The van der Waals surface area contributed by atoms with Gasteiger partial charge in [-0.05, 0) is 7.05 Å². The van der Waals surface area contributed by atoms with Crippen LogP contribution in [0.1, 0.15) is 0 Å². The molecule has 0 fully saturated rings. The first-order chi connectivity index (χ1) is 7.47. The largest absolute Gasteiger partial charge is 0.329 e. The zero-order chi connectivity index (χ0) is 13.7. The van der Waals surface area contributed by atoms with Gasteiger partial charge in [0.05, 0.1) is 33.1 Å². The van der Waals surface area contributed by atoms with E-state index in [2.05, 4.69) is 4.72 Å². The van der Waals surface area contributed by atoms with Gasteiger partial charge >= 0.3 is 7.60 Å². The van der Waals surface area contributed by atoms with Crippen molar-refractivity contribution < 1.29 is 26.9 Å². The minimum Gasteiger partial charge on any atom is -0.329 e. The first-order valence-electron chi connectivity index (χ1n) is 5.15. The zero-order valence-corrected chi connectivity index (χ0v) is 12.4. The van der Waals surface area contributed by atoms with Crippen LogP contribution < -0.4 is 4.72 Å². The van der Waals surface area contributed by atoms with Crippen LogP contribution in [0.2, 0.25) is 0 Å². The van der Waals surface area contributed by atoms with Crippen LogP contribution in [0.25, 0.3) is 0 Å². The van der Waals surface area contributed by atoms with Crippen molar-refractivity contribution in [3.63, 3.8) is 0 Å². The average molecular weight is 289 g/mol. The highest BCUT2D eigenvalue weighted by Crippen LogP contribution is 2.41. The molecule has 2 N–H and O–H groups in total. The number of quaternary nitrogens is 1. The van der Waals surface area contributed by atoms with E-state index in [9.17, 15) is 17.9 Å². The van der Waals surface area contributed by atoms with E-state index in [1.807, 2.05) is 21.1 Å². The van der Waals surface area contributed by atoms with Crippen LogP contribution in [-0.2, 0) is 19.1 Å². The molecule has 1 unspecified atom stereocenters. The van der Waals surface area contributed by atoms with Gasteiger partial charge in [0.25, 0.3) is 0 Å². The monoisotopic (exact) mass is 289 g/mol. The molecule has 7 nitrogen and oxygen atoms in total. The van der Waals surface area contributed by atoms with E-state index in [0.29, 0.717) is 11.0 Å². The van der Waals surface area contributed by atoms with Gasteiger partial charge in [-0.2, -0.15) is 0 Å². The molecule has 0 aliphatic rings. The third-order valence-electron chi connectivity index (χ3n) is 2.01. The lowest BCUT2D eigenvalue weighted by molar-refractivity contribution is -0.870. The van der Waals surface area contributed by atoms with Gasteiger partial charge in [0, 0.05) is 0 Å². The summed E-state index contributed by atoms with van der Waals surface area (Å²) in [5.74, 6) is -0.415. The summed E-state index contributed by atoms with van der Waals surface area (Å²) in [5.41, 5.74) is 0. The van der Waals surface area contributed by atoms with Gasteiger partial charge < -0.3 is 13.9 Å². The van der Waals surface area contributed by atoms with Crippen LogP contribution in [-0.4, -0.2) is 71.1 Å². The second-order valence-electron chi connectivity index (χ2n) is 4.73. The lowest BCUT2D eigenvalue weighted by Gasteiger charge is -2.24. The second-order valence-corrected chi connectivity index (χ2v) is 8.76. The predicted molar refractivity (Wildman–Crippen MR) is 66.4 cm³/mol. The summed E-state index contributed by atoms with van der Waals surface area (Å²) in [7, 11) is -0.247. The van der Waals surface area contributed by atoms with Crippen molar-refractivity contribution in [2.24, 2.45) is 0 Å². The van der Waals surface area contributed by atoms with Crippen LogP contribution in [0, 0.1) is 0 Å². The molecule has 0 aromatic carbocycles. The fourth-order valence-corrected chi connectivity index (χ4v) is 3.44. The summed E-state index contributed by atoms with van der Waals surface area (Å²) in [4.78, 5) is 9.40. The normalized spacial score (nSPS) is 16.8. The molecule has 17 heavy (non-hydrogen) atoms. The van der Waals surface area contributed by atoms with Gasteiger partial charge in [-0.3, -0.25) is 4.57 Å². The van der Waals surface area contributed by atoms with Crippen molar-refractivity contribution in [2.45, 2.75) is 0 Å². The number of rotatable bonds is 8. The fraction of sp³-hybridized carbons (Fsp3) is 1.00. The van der Waals surface area contributed by atoms with E-state index >= 15 is 0 Å². The Morgan fingerprint density at radius 3 is 2.29 bits per heavy atom. The minimum absolute atomic E-state index is 0.122. The Morgan fingerprint density at radius 1 is 1.35 bits per heavy atom. The third kappa shape index (κ3) is 9.70. The number of likely N-dealkylation sites (N-methyl/N-ethyl adjacent to an activating group) is 1. The lowest BCUT2D eigenvalue weighted by Crippen LogP contribution is -2.37. The fourth-order valence-electron chi connectivity index (χ4n) is 0.859. The molecular formula is C8H22N2O5PS+.